The van der Waals surface area contributed by atoms with Gasteiger partial charge in [0.25, 0.3) is 5.91 Å². The van der Waals surface area contributed by atoms with Crippen molar-refractivity contribution in [2.75, 3.05) is 63.6 Å². The van der Waals surface area contributed by atoms with Crippen molar-refractivity contribution >= 4 is 34.3 Å². The van der Waals surface area contributed by atoms with Crippen molar-refractivity contribution in [3.8, 4) is 0 Å². The summed E-state index contributed by atoms with van der Waals surface area (Å²) < 4.78 is 17.2. The molecule has 3 saturated carbocycles. The normalized spacial score (nSPS) is 23.3. The standard InChI is InChI=1S/C26H32FN7O2/c1-31(2)24(36)22-11-18-16-28-25(30-23(18)34(22)26-13-17(14-26)15-26)29-19-3-4-21(20(27)12-19)33-7-5-32(6-8-33)9-10-35/h3-4,11-12,16-17,35H,5-10,13-15H2,1-2H3,(H,28,29,30). The number of halogens is 1. The van der Waals surface area contributed by atoms with Crippen molar-refractivity contribution in [2.24, 2.45) is 5.92 Å². The Morgan fingerprint density at radius 3 is 2.56 bits per heavy atom. The van der Waals surface area contributed by atoms with Gasteiger partial charge in [-0.3, -0.25) is 9.69 Å². The highest BCUT2D eigenvalue weighted by molar-refractivity contribution is 5.98. The Hall–Kier alpha value is -3.24. The number of rotatable bonds is 7. The largest absolute Gasteiger partial charge is 0.395 e. The maximum atomic E-state index is 15.1. The number of nitrogens with zero attached hydrogens (tertiary/aromatic N) is 6. The topological polar surface area (TPSA) is 89.8 Å². The van der Waals surface area contributed by atoms with Gasteiger partial charge >= 0.3 is 0 Å². The smallest absolute Gasteiger partial charge is 0.270 e. The van der Waals surface area contributed by atoms with Crippen LogP contribution in [-0.2, 0) is 5.54 Å². The van der Waals surface area contributed by atoms with Gasteiger partial charge in [-0.1, -0.05) is 0 Å². The molecule has 2 aromatic heterocycles. The number of hydrogen-bond donors (Lipinski definition) is 2. The van der Waals surface area contributed by atoms with Crippen molar-refractivity contribution in [1.29, 1.82) is 0 Å². The van der Waals surface area contributed by atoms with Crippen LogP contribution in [-0.4, -0.2) is 88.8 Å². The van der Waals surface area contributed by atoms with Crippen molar-refractivity contribution in [2.45, 2.75) is 24.8 Å². The van der Waals surface area contributed by atoms with E-state index in [1.807, 2.05) is 17.0 Å². The molecule has 0 atom stereocenters. The fourth-order valence-electron chi connectivity index (χ4n) is 5.95. The summed E-state index contributed by atoms with van der Waals surface area (Å²) >= 11 is 0. The van der Waals surface area contributed by atoms with E-state index in [9.17, 15) is 4.79 Å². The van der Waals surface area contributed by atoms with Crippen LogP contribution in [0.25, 0.3) is 11.0 Å². The first-order chi connectivity index (χ1) is 17.4. The van der Waals surface area contributed by atoms with Crippen LogP contribution in [0.5, 0.6) is 0 Å². The lowest BCUT2D eigenvalue weighted by Crippen LogP contribution is -2.60. The van der Waals surface area contributed by atoms with E-state index in [0.717, 1.165) is 62.4 Å². The van der Waals surface area contributed by atoms with Gasteiger partial charge in [0, 0.05) is 69.6 Å². The molecule has 3 aliphatic carbocycles. The van der Waals surface area contributed by atoms with Crippen LogP contribution in [0.15, 0.2) is 30.5 Å². The molecule has 10 heteroatoms. The maximum absolute atomic E-state index is 15.1. The molecular formula is C26H32FN7O2. The van der Waals surface area contributed by atoms with Crippen molar-refractivity contribution < 1.29 is 14.3 Å². The van der Waals surface area contributed by atoms with Gasteiger partial charge in [0.2, 0.25) is 5.95 Å². The monoisotopic (exact) mass is 493 g/mol. The van der Waals surface area contributed by atoms with E-state index in [1.165, 1.54) is 6.07 Å². The molecule has 0 radical (unpaired) electrons. The first kappa shape index (κ1) is 23.2. The number of piperazine rings is 1. The molecular weight excluding hydrogens is 461 g/mol. The summed E-state index contributed by atoms with van der Waals surface area (Å²) in [4.78, 5) is 28.0. The highest BCUT2D eigenvalue weighted by atomic mass is 19.1. The highest BCUT2D eigenvalue weighted by Crippen LogP contribution is 2.63. The molecule has 4 aliphatic rings. The van der Waals surface area contributed by atoms with E-state index in [-0.39, 0.29) is 23.9 Å². The second-order valence-corrected chi connectivity index (χ2v) is 10.6. The van der Waals surface area contributed by atoms with Crippen LogP contribution in [0.3, 0.4) is 0 Å². The van der Waals surface area contributed by atoms with E-state index >= 15 is 4.39 Å². The number of β-amino-alcohol motifs (C(OH)–C–C–N with tert-alkyl or cyclic N) is 1. The summed E-state index contributed by atoms with van der Waals surface area (Å²) in [6, 6.07) is 6.99. The Morgan fingerprint density at radius 1 is 1.19 bits per heavy atom. The van der Waals surface area contributed by atoms with Crippen LogP contribution in [0.4, 0.5) is 21.7 Å². The summed E-state index contributed by atoms with van der Waals surface area (Å²) in [7, 11) is 3.52. The van der Waals surface area contributed by atoms with E-state index in [1.54, 1.807) is 31.3 Å². The van der Waals surface area contributed by atoms with Gasteiger partial charge in [-0.25, -0.2) is 9.37 Å². The minimum atomic E-state index is -0.298. The predicted octanol–water partition coefficient (Wildman–Crippen LogP) is 2.64. The van der Waals surface area contributed by atoms with Gasteiger partial charge < -0.3 is 24.8 Å². The van der Waals surface area contributed by atoms with Crippen LogP contribution < -0.4 is 10.2 Å². The first-order valence-electron chi connectivity index (χ1n) is 12.6. The summed E-state index contributed by atoms with van der Waals surface area (Å²) in [6.45, 7) is 3.83. The molecule has 7 rings (SSSR count). The summed E-state index contributed by atoms with van der Waals surface area (Å²) in [5.74, 6) is 0.792. The molecule has 9 nitrogen and oxygen atoms in total. The second kappa shape index (κ2) is 8.70. The van der Waals surface area contributed by atoms with E-state index in [4.69, 9.17) is 10.1 Å². The predicted molar refractivity (Wildman–Crippen MR) is 136 cm³/mol. The molecule has 1 saturated heterocycles. The quantitative estimate of drug-likeness (QED) is 0.523. The molecule has 2 N–H and O–H groups in total. The zero-order chi connectivity index (χ0) is 25.0. The SMILES string of the molecule is CN(C)C(=O)c1cc2cnc(Nc3ccc(N4CCN(CCO)CC4)c(F)c3)nc2n1C12CC(C1)C2. The summed E-state index contributed by atoms with van der Waals surface area (Å²) in [5, 5.41) is 13.1. The lowest BCUT2D eigenvalue weighted by molar-refractivity contribution is -0.0870. The van der Waals surface area contributed by atoms with Crippen LogP contribution in [0.2, 0.25) is 0 Å². The average molecular weight is 494 g/mol. The highest BCUT2D eigenvalue weighted by Gasteiger charge is 2.59. The molecule has 1 aliphatic heterocycles. The number of aliphatic hydroxyl groups is 1. The van der Waals surface area contributed by atoms with Crippen LogP contribution in [0, 0.1) is 11.7 Å². The third kappa shape index (κ3) is 3.79. The molecule has 3 aromatic rings. The summed E-state index contributed by atoms with van der Waals surface area (Å²) in [6.07, 6.45) is 4.98. The van der Waals surface area contributed by atoms with Crippen LogP contribution >= 0.6 is 0 Å². The third-order valence-electron chi connectivity index (χ3n) is 7.98. The number of aliphatic hydroxyl groups excluding tert-OH is 1. The number of amides is 1. The number of carbonyl (C=O) groups is 1. The third-order valence-corrected chi connectivity index (χ3v) is 7.98. The number of carbonyl (C=O) groups excluding carboxylic acids is 1. The minimum absolute atomic E-state index is 0.0198. The molecule has 1 aromatic carbocycles. The maximum Gasteiger partial charge on any atom is 0.270 e. The zero-order valence-corrected chi connectivity index (χ0v) is 20.7. The van der Waals surface area contributed by atoms with Crippen molar-refractivity contribution in [3.05, 3.63) is 42.0 Å². The Kier molecular flexibility index (Phi) is 5.60. The molecule has 3 heterocycles. The fraction of sp³-hybridized carbons (Fsp3) is 0.500. The first-order valence-corrected chi connectivity index (χ1v) is 12.6. The van der Waals surface area contributed by atoms with Crippen molar-refractivity contribution in [3.63, 3.8) is 0 Å². The molecule has 4 fully saturated rings. The minimum Gasteiger partial charge on any atom is -0.395 e. The Labute approximate surface area is 209 Å². The molecule has 2 bridgehead atoms. The summed E-state index contributed by atoms with van der Waals surface area (Å²) in [5.41, 5.74) is 2.52. The van der Waals surface area contributed by atoms with E-state index in [2.05, 4.69) is 19.8 Å². The number of aromatic nitrogens is 3. The molecule has 1 amide bonds. The van der Waals surface area contributed by atoms with Gasteiger partial charge in [0.05, 0.1) is 12.3 Å². The second-order valence-electron chi connectivity index (χ2n) is 10.6. The van der Waals surface area contributed by atoms with Gasteiger partial charge in [0.15, 0.2) is 0 Å². The Morgan fingerprint density at radius 2 is 1.94 bits per heavy atom. The average Bonchev–Trinajstić information content (AvgIpc) is 3.16. The van der Waals surface area contributed by atoms with Gasteiger partial charge in [-0.15, -0.1) is 0 Å². The number of hydrogen-bond acceptors (Lipinski definition) is 7. The number of fused-ring (bicyclic) bond motifs is 1. The lowest BCUT2D eigenvalue weighted by Gasteiger charge is -2.62. The molecule has 190 valence electrons. The molecule has 0 unspecified atom stereocenters. The Balaban J connectivity index is 1.25. The van der Waals surface area contributed by atoms with E-state index in [0.29, 0.717) is 29.6 Å². The number of benzene rings is 1. The van der Waals surface area contributed by atoms with Gasteiger partial charge in [0.1, 0.15) is 17.2 Å². The molecule has 36 heavy (non-hydrogen) atoms. The fourth-order valence-corrected chi connectivity index (χ4v) is 5.95. The van der Waals surface area contributed by atoms with Crippen LogP contribution in [0.1, 0.15) is 29.8 Å². The lowest BCUT2D eigenvalue weighted by atomic mass is 9.49. The van der Waals surface area contributed by atoms with Gasteiger partial charge in [-0.05, 0) is 49.4 Å². The molecule has 0 spiro atoms. The number of nitrogens with one attached hydrogen (secondary N) is 1. The Bertz CT molecular complexity index is 1300. The zero-order valence-electron chi connectivity index (χ0n) is 20.7. The number of anilines is 3. The van der Waals surface area contributed by atoms with Crippen molar-refractivity contribution in [1.82, 2.24) is 24.3 Å². The van der Waals surface area contributed by atoms with E-state index < -0.39 is 0 Å². The van der Waals surface area contributed by atoms with Gasteiger partial charge in [-0.2, -0.15) is 4.98 Å².